The van der Waals surface area contributed by atoms with Gasteiger partial charge in [-0.25, -0.2) is 4.98 Å². The molecule has 1 aromatic rings. The lowest BCUT2D eigenvalue weighted by atomic mass is 9.78. The number of anilines is 2. The minimum atomic E-state index is -0.299. The number of piperidine rings is 1. The van der Waals surface area contributed by atoms with Crippen LogP contribution in [0.15, 0.2) is 18.3 Å². The van der Waals surface area contributed by atoms with E-state index < -0.39 is 0 Å². The molecule has 0 bridgehead atoms. The highest BCUT2D eigenvalue weighted by molar-refractivity contribution is 5.88. The molecule has 1 spiro atoms. The highest BCUT2D eigenvalue weighted by atomic mass is 16.3. The molecule has 1 aromatic heterocycles. The first-order chi connectivity index (χ1) is 13.5. The third kappa shape index (κ3) is 3.72. The number of aromatic nitrogens is 1. The van der Waals surface area contributed by atoms with Crippen LogP contribution in [0.3, 0.4) is 0 Å². The highest BCUT2D eigenvalue weighted by Gasteiger charge is 2.50. The van der Waals surface area contributed by atoms with Crippen LogP contribution < -0.4 is 10.2 Å². The number of carbonyl (C=O) groups excluding carboxylic acids is 2. The third-order valence-corrected chi connectivity index (χ3v) is 6.62. The van der Waals surface area contributed by atoms with E-state index in [9.17, 15) is 14.7 Å². The Labute approximate surface area is 166 Å². The van der Waals surface area contributed by atoms with Crippen LogP contribution in [0.4, 0.5) is 11.5 Å². The SMILES string of the molecule is CC(=O)Nc1ccc(N2CCCC3(CCN([C@H]4CC[C@H](O)CC4)C3=O)C2)nc1. The van der Waals surface area contributed by atoms with E-state index >= 15 is 0 Å². The van der Waals surface area contributed by atoms with Crippen LogP contribution in [-0.4, -0.2) is 58.6 Å². The van der Waals surface area contributed by atoms with E-state index in [0.29, 0.717) is 24.2 Å². The molecule has 7 heteroatoms. The smallest absolute Gasteiger partial charge is 0.230 e. The summed E-state index contributed by atoms with van der Waals surface area (Å²) in [6.07, 6.45) is 7.75. The van der Waals surface area contributed by atoms with Gasteiger partial charge in [-0.15, -0.1) is 0 Å². The van der Waals surface area contributed by atoms with Gasteiger partial charge in [0, 0.05) is 32.6 Å². The molecular formula is C21H30N4O3. The zero-order valence-corrected chi connectivity index (χ0v) is 16.6. The Kier molecular flexibility index (Phi) is 5.27. The maximum Gasteiger partial charge on any atom is 0.230 e. The van der Waals surface area contributed by atoms with Crippen molar-refractivity contribution >= 4 is 23.3 Å². The van der Waals surface area contributed by atoms with Crippen molar-refractivity contribution in [1.29, 1.82) is 0 Å². The molecule has 1 unspecified atom stereocenters. The van der Waals surface area contributed by atoms with E-state index in [-0.39, 0.29) is 17.4 Å². The number of aliphatic hydroxyl groups excluding tert-OH is 1. The van der Waals surface area contributed by atoms with Crippen molar-refractivity contribution in [2.45, 2.75) is 64.0 Å². The lowest BCUT2D eigenvalue weighted by Crippen LogP contribution is -2.50. The Morgan fingerprint density at radius 3 is 2.68 bits per heavy atom. The normalized spacial score (nSPS) is 30.7. The number of nitrogens with one attached hydrogen (secondary N) is 1. The fraction of sp³-hybridized carbons (Fsp3) is 0.667. The number of hydrogen-bond donors (Lipinski definition) is 2. The Morgan fingerprint density at radius 1 is 1.21 bits per heavy atom. The molecule has 3 aliphatic rings. The molecule has 152 valence electrons. The zero-order chi connectivity index (χ0) is 19.7. The van der Waals surface area contributed by atoms with Crippen LogP contribution in [0.5, 0.6) is 0 Å². The number of aliphatic hydroxyl groups is 1. The highest BCUT2D eigenvalue weighted by Crippen LogP contribution is 2.43. The molecular weight excluding hydrogens is 356 g/mol. The van der Waals surface area contributed by atoms with Gasteiger partial charge in [0.15, 0.2) is 0 Å². The Balaban J connectivity index is 1.44. The number of pyridine rings is 1. The largest absolute Gasteiger partial charge is 0.393 e. The molecule has 1 aliphatic carbocycles. The van der Waals surface area contributed by atoms with Crippen molar-refractivity contribution in [1.82, 2.24) is 9.88 Å². The lowest BCUT2D eigenvalue weighted by Gasteiger charge is -2.41. The molecule has 28 heavy (non-hydrogen) atoms. The lowest BCUT2D eigenvalue weighted by molar-refractivity contribution is -0.139. The maximum absolute atomic E-state index is 13.4. The first-order valence-electron chi connectivity index (χ1n) is 10.4. The van der Waals surface area contributed by atoms with Crippen LogP contribution >= 0.6 is 0 Å². The maximum atomic E-state index is 13.4. The van der Waals surface area contributed by atoms with E-state index in [1.807, 2.05) is 12.1 Å². The quantitative estimate of drug-likeness (QED) is 0.831. The molecule has 2 aliphatic heterocycles. The molecule has 3 fully saturated rings. The molecule has 0 aromatic carbocycles. The van der Waals surface area contributed by atoms with Gasteiger partial charge in [0.05, 0.1) is 23.4 Å². The van der Waals surface area contributed by atoms with Gasteiger partial charge < -0.3 is 20.2 Å². The average molecular weight is 386 g/mol. The monoisotopic (exact) mass is 386 g/mol. The number of likely N-dealkylation sites (tertiary alicyclic amines) is 1. The van der Waals surface area contributed by atoms with Gasteiger partial charge in [0.1, 0.15) is 5.82 Å². The Bertz CT molecular complexity index is 730. The first kappa shape index (κ1) is 19.2. The number of nitrogens with zero attached hydrogens (tertiary/aromatic N) is 3. The number of rotatable bonds is 3. The van der Waals surface area contributed by atoms with Crippen molar-refractivity contribution in [3.8, 4) is 0 Å². The molecule has 4 rings (SSSR count). The van der Waals surface area contributed by atoms with Crippen molar-refractivity contribution in [3.05, 3.63) is 18.3 Å². The topological polar surface area (TPSA) is 85.8 Å². The second-order valence-corrected chi connectivity index (χ2v) is 8.60. The van der Waals surface area contributed by atoms with Gasteiger partial charge in [-0.05, 0) is 57.1 Å². The number of amides is 2. The van der Waals surface area contributed by atoms with Gasteiger partial charge in [0.25, 0.3) is 0 Å². The summed E-state index contributed by atoms with van der Waals surface area (Å²) in [6.45, 7) is 3.93. The van der Waals surface area contributed by atoms with E-state index in [4.69, 9.17) is 0 Å². The summed E-state index contributed by atoms with van der Waals surface area (Å²) in [5.74, 6) is 1.05. The molecule has 2 amide bonds. The van der Waals surface area contributed by atoms with Crippen molar-refractivity contribution < 1.29 is 14.7 Å². The van der Waals surface area contributed by atoms with E-state index in [2.05, 4.69) is 20.1 Å². The molecule has 0 radical (unpaired) electrons. The van der Waals surface area contributed by atoms with E-state index in [1.54, 1.807) is 6.20 Å². The average Bonchev–Trinajstić information content (AvgIpc) is 2.98. The standard InChI is InChI=1S/C21H30N4O3/c1-15(26)23-16-3-8-19(22-13-16)24-11-2-9-21(14-24)10-12-25(20(21)28)17-4-6-18(27)7-5-17/h3,8,13,17-18,27H,2,4-7,9-12,14H2,1H3,(H,23,26)/t17-,18-,21?. The van der Waals surface area contributed by atoms with Crippen LogP contribution in [0.1, 0.15) is 51.9 Å². The van der Waals surface area contributed by atoms with Gasteiger partial charge in [0.2, 0.25) is 11.8 Å². The van der Waals surface area contributed by atoms with Crippen LogP contribution in [-0.2, 0) is 9.59 Å². The van der Waals surface area contributed by atoms with Crippen molar-refractivity contribution in [3.63, 3.8) is 0 Å². The fourth-order valence-electron chi connectivity index (χ4n) is 5.12. The molecule has 2 saturated heterocycles. The second kappa shape index (κ2) is 7.70. The Morgan fingerprint density at radius 2 is 2.00 bits per heavy atom. The number of carbonyl (C=O) groups is 2. The van der Waals surface area contributed by atoms with Crippen molar-refractivity contribution in [2.75, 3.05) is 29.9 Å². The van der Waals surface area contributed by atoms with E-state index in [1.165, 1.54) is 6.92 Å². The number of hydrogen-bond acceptors (Lipinski definition) is 5. The summed E-state index contributed by atoms with van der Waals surface area (Å²) in [6, 6.07) is 4.08. The zero-order valence-electron chi connectivity index (χ0n) is 16.6. The van der Waals surface area contributed by atoms with E-state index in [0.717, 1.165) is 63.9 Å². The Hall–Kier alpha value is -2.15. The first-order valence-corrected chi connectivity index (χ1v) is 10.4. The molecule has 7 nitrogen and oxygen atoms in total. The summed E-state index contributed by atoms with van der Waals surface area (Å²) >= 11 is 0. The summed E-state index contributed by atoms with van der Waals surface area (Å²) in [5.41, 5.74) is 0.386. The predicted molar refractivity (Wildman–Crippen MR) is 107 cm³/mol. The molecule has 1 atom stereocenters. The second-order valence-electron chi connectivity index (χ2n) is 8.60. The van der Waals surface area contributed by atoms with Gasteiger partial charge in [-0.1, -0.05) is 0 Å². The minimum Gasteiger partial charge on any atom is -0.393 e. The minimum absolute atomic E-state index is 0.113. The summed E-state index contributed by atoms with van der Waals surface area (Å²) in [7, 11) is 0. The van der Waals surface area contributed by atoms with Crippen LogP contribution in [0.25, 0.3) is 0 Å². The van der Waals surface area contributed by atoms with Crippen LogP contribution in [0, 0.1) is 5.41 Å². The predicted octanol–water partition coefficient (Wildman–Crippen LogP) is 2.16. The molecule has 1 saturated carbocycles. The fourth-order valence-corrected chi connectivity index (χ4v) is 5.12. The van der Waals surface area contributed by atoms with Crippen molar-refractivity contribution in [2.24, 2.45) is 5.41 Å². The van der Waals surface area contributed by atoms with Gasteiger partial charge in [-0.2, -0.15) is 0 Å². The molecule has 2 N–H and O–H groups in total. The summed E-state index contributed by atoms with van der Waals surface area (Å²) in [4.78, 5) is 33.4. The van der Waals surface area contributed by atoms with Gasteiger partial charge in [-0.3, -0.25) is 9.59 Å². The summed E-state index contributed by atoms with van der Waals surface area (Å²) < 4.78 is 0. The van der Waals surface area contributed by atoms with Gasteiger partial charge >= 0.3 is 0 Å². The molecule has 3 heterocycles. The summed E-state index contributed by atoms with van der Waals surface area (Å²) in [5, 5.41) is 12.5. The van der Waals surface area contributed by atoms with Crippen LogP contribution in [0.2, 0.25) is 0 Å². The third-order valence-electron chi connectivity index (χ3n) is 6.62.